The quantitative estimate of drug-likeness (QED) is 0.155. The predicted octanol–water partition coefficient (Wildman–Crippen LogP) is 15.8. The van der Waals surface area contributed by atoms with Crippen molar-refractivity contribution in [3.05, 3.63) is 175 Å². The average molecular weight is 1020 g/mol. The maximum atomic E-state index is 6.88. The smallest absolute Gasteiger partial charge is 0.135 e. The zero-order valence-electron chi connectivity index (χ0n) is 39.3. The second kappa shape index (κ2) is 16.4. The summed E-state index contributed by atoms with van der Waals surface area (Å²) in [5, 5.41) is 2.28. The largest absolute Gasteiger partial charge is 0.509 e. The van der Waals surface area contributed by atoms with Crippen molar-refractivity contribution in [3.8, 4) is 28.4 Å². The molecule has 1 aliphatic rings. The number of para-hydroxylation sites is 2. The van der Waals surface area contributed by atoms with E-state index in [1.165, 1.54) is 33.2 Å². The van der Waals surface area contributed by atoms with Crippen LogP contribution in [0.3, 0.4) is 0 Å². The van der Waals surface area contributed by atoms with Gasteiger partial charge in [-0.15, -0.1) is 53.6 Å². The molecule has 9 rings (SSSR count). The minimum atomic E-state index is -0.166. The van der Waals surface area contributed by atoms with Crippen molar-refractivity contribution >= 4 is 44.6 Å². The van der Waals surface area contributed by atoms with Crippen LogP contribution < -0.4 is 14.5 Å². The van der Waals surface area contributed by atoms with Crippen LogP contribution in [0.15, 0.2) is 134 Å². The molecule has 2 aromatic heterocycles. The topological polar surface area (TPSA) is 33.5 Å². The number of nitrogens with zero attached hydrogens (tertiary/aromatic N) is 4. The number of aromatic nitrogens is 2. The summed E-state index contributed by atoms with van der Waals surface area (Å²) in [4.78, 5) is 9.49. The molecule has 6 aromatic carbocycles. The monoisotopic (exact) mass is 1020 g/mol. The summed E-state index contributed by atoms with van der Waals surface area (Å²) in [6.45, 7) is 29.3. The van der Waals surface area contributed by atoms with Crippen molar-refractivity contribution < 1.29 is 25.8 Å². The fourth-order valence-electron chi connectivity index (χ4n) is 8.45. The molecule has 3 heterocycles. The molecule has 0 saturated heterocycles. The molecule has 5 nitrogen and oxygen atoms in total. The van der Waals surface area contributed by atoms with Crippen molar-refractivity contribution in [2.45, 2.75) is 105 Å². The van der Waals surface area contributed by atoms with Crippen LogP contribution in [0.25, 0.3) is 38.8 Å². The molecule has 0 spiro atoms. The Kier molecular flexibility index (Phi) is 11.5. The zero-order chi connectivity index (χ0) is 44.6. The molecule has 0 saturated carbocycles. The van der Waals surface area contributed by atoms with Crippen molar-refractivity contribution in [2.24, 2.45) is 0 Å². The van der Waals surface area contributed by atoms with Gasteiger partial charge in [0, 0.05) is 61.3 Å². The van der Waals surface area contributed by atoms with E-state index in [1.807, 2.05) is 12.3 Å². The van der Waals surface area contributed by atoms with E-state index in [0.29, 0.717) is 11.5 Å². The second-order valence-electron chi connectivity index (χ2n) is 21.3. The predicted molar refractivity (Wildman–Crippen MR) is 264 cm³/mol. The Bertz CT molecular complexity index is 3010. The molecule has 1 aliphatic heterocycles. The molecule has 64 heavy (non-hydrogen) atoms. The van der Waals surface area contributed by atoms with Crippen LogP contribution in [0.1, 0.15) is 105 Å². The summed E-state index contributed by atoms with van der Waals surface area (Å²) in [5.41, 5.74) is 13.3. The third-order valence-electron chi connectivity index (χ3n) is 12.3. The summed E-state index contributed by atoms with van der Waals surface area (Å²) >= 11 is 0. The maximum Gasteiger partial charge on any atom is 0.135 e. The number of pyridine rings is 1. The van der Waals surface area contributed by atoms with Gasteiger partial charge in [0.2, 0.25) is 0 Å². The van der Waals surface area contributed by atoms with E-state index in [0.717, 1.165) is 50.6 Å². The third-order valence-corrected chi connectivity index (χ3v) is 12.3. The molecule has 8 aromatic rings. The van der Waals surface area contributed by atoms with Crippen molar-refractivity contribution in [3.63, 3.8) is 0 Å². The number of hydrogen-bond donors (Lipinski definition) is 0. The molecule has 0 N–H and O–H groups in total. The fraction of sp³-hybridized carbons (Fsp3) is 0.276. The molecule has 0 aliphatic carbocycles. The molecule has 6 heteroatoms. The molecule has 0 bridgehead atoms. The van der Waals surface area contributed by atoms with Gasteiger partial charge in [-0.3, -0.25) is 0 Å². The number of fused-ring (bicyclic) bond motifs is 4. The van der Waals surface area contributed by atoms with Gasteiger partial charge < -0.3 is 19.1 Å². The molecule has 0 radical (unpaired) electrons. The first-order valence-electron chi connectivity index (χ1n) is 22.2. The molecular weight excluding hydrogens is 964 g/mol. The van der Waals surface area contributed by atoms with E-state index >= 15 is 0 Å². The van der Waals surface area contributed by atoms with Gasteiger partial charge in [0.15, 0.2) is 0 Å². The minimum absolute atomic E-state index is 0. The summed E-state index contributed by atoms with van der Waals surface area (Å²) in [5.74, 6) is 2.10. The van der Waals surface area contributed by atoms with E-state index in [2.05, 4.69) is 238 Å². The van der Waals surface area contributed by atoms with Crippen molar-refractivity contribution in [1.29, 1.82) is 0 Å². The zero-order valence-corrected chi connectivity index (χ0v) is 41.6. The molecule has 0 amide bonds. The molecule has 0 atom stereocenters. The summed E-state index contributed by atoms with van der Waals surface area (Å²) < 4.78 is 9.12. The number of benzene rings is 6. The van der Waals surface area contributed by atoms with Gasteiger partial charge in [0.1, 0.15) is 5.82 Å². The van der Waals surface area contributed by atoms with E-state index in [9.17, 15) is 0 Å². The Morgan fingerprint density at radius 3 is 1.80 bits per heavy atom. The Morgan fingerprint density at radius 1 is 0.500 bits per heavy atom. The Morgan fingerprint density at radius 2 is 1.12 bits per heavy atom. The minimum Gasteiger partial charge on any atom is -0.509 e. The molecule has 330 valence electrons. The van der Waals surface area contributed by atoms with Crippen LogP contribution in [-0.2, 0) is 42.7 Å². The summed E-state index contributed by atoms with van der Waals surface area (Å²) in [6, 6.07) is 53.4. The number of ether oxygens (including phenoxy) is 1. The van der Waals surface area contributed by atoms with Gasteiger partial charge in [-0.1, -0.05) is 149 Å². The van der Waals surface area contributed by atoms with Crippen LogP contribution >= 0.6 is 0 Å². The van der Waals surface area contributed by atoms with E-state index in [4.69, 9.17) is 9.72 Å². The van der Waals surface area contributed by atoms with E-state index in [-0.39, 0.29) is 42.7 Å². The first-order chi connectivity index (χ1) is 29.7. The third kappa shape index (κ3) is 8.64. The normalized spacial score (nSPS) is 13.4. The number of hydrogen-bond acceptors (Lipinski definition) is 4. The van der Waals surface area contributed by atoms with Gasteiger partial charge in [-0.2, -0.15) is 6.07 Å². The maximum absolute atomic E-state index is 6.88. The van der Waals surface area contributed by atoms with Crippen LogP contribution in [0.4, 0.5) is 22.7 Å². The van der Waals surface area contributed by atoms with Crippen LogP contribution in [0.2, 0.25) is 0 Å². The van der Waals surface area contributed by atoms with Crippen molar-refractivity contribution in [2.75, 3.05) is 9.80 Å². The van der Waals surface area contributed by atoms with Gasteiger partial charge in [-0.25, -0.2) is 4.98 Å². The van der Waals surface area contributed by atoms with Crippen LogP contribution in [-0.4, -0.2) is 9.55 Å². The Hall–Kier alpha value is -5.64. The van der Waals surface area contributed by atoms with Crippen LogP contribution in [0.5, 0.6) is 11.5 Å². The summed E-state index contributed by atoms with van der Waals surface area (Å²) in [6.07, 6.45) is 1.92. The Labute approximate surface area is 395 Å². The molecule has 0 fully saturated rings. The standard InChI is InChI=1S/C58H59N4O.Pt/c1-55(2,3)40-22-25-50-49(33-40)48-24-23-46(36-53(48)62(50)54-34-41(26-27-59-54)56(4,5)6)63-47-32-43(58(10,11)12)31-45(35-47)61-37-60(51-20-16-17-21-52(51)61)44-29-39(38-18-14-13-15-19-38)28-42(30-44)57(7,8)9;/h13-34,37H,1-12H3;/q-3;. The SMILES string of the molecule is CC(C)(C)c1cc(Oc2[c-]c3c(cc2)c2cc(C(C)(C)C)ccc2n3-c2cc(C(C)(C)C)ccn2)[c-]c(N2[CH-]N(c3cc(-c4ccccc4)cc(C(C)(C)C)c3)c3ccccc32)c1.[Pt]. The van der Waals surface area contributed by atoms with E-state index in [1.54, 1.807) is 0 Å². The second-order valence-corrected chi connectivity index (χ2v) is 21.3. The molecule has 0 unspecified atom stereocenters. The number of rotatable bonds is 6. The fourth-order valence-corrected chi connectivity index (χ4v) is 8.45. The van der Waals surface area contributed by atoms with Gasteiger partial charge in [0.05, 0.1) is 0 Å². The summed E-state index contributed by atoms with van der Waals surface area (Å²) in [7, 11) is 0. The average Bonchev–Trinajstić information content (AvgIpc) is 3.78. The van der Waals surface area contributed by atoms with Gasteiger partial charge in [-0.05, 0) is 97.3 Å². The first kappa shape index (κ1) is 44.9. The van der Waals surface area contributed by atoms with E-state index < -0.39 is 0 Å². The number of anilines is 4. The van der Waals surface area contributed by atoms with Crippen molar-refractivity contribution in [1.82, 2.24) is 9.55 Å². The van der Waals surface area contributed by atoms with Crippen LogP contribution in [0, 0.1) is 18.8 Å². The Balaban J connectivity index is 0.00000560. The van der Waals surface area contributed by atoms with Gasteiger partial charge in [0.25, 0.3) is 0 Å². The molecular formula is C58H59N4OPt-3. The first-order valence-corrected chi connectivity index (χ1v) is 22.2. The van der Waals surface area contributed by atoms with Gasteiger partial charge >= 0.3 is 0 Å².